The van der Waals surface area contributed by atoms with E-state index in [-0.39, 0.29) is 0 Å². The number of rotatable bonds is 1. The fourth-order valence-electron chi connectivity index (χ4n) is 2.96. The summed E-state index contributed by atoms with van der Waals surface area (Å²) in [6.07, 6.45) is 6.17. The van der Waals surface area contributed by atoms with Crippen LogP contribution in [0.4, 0.5) is 0 Å². The Morgan fingerprint density at radius 1 is 1.05 bits per heavy atom. The third kappa shape index (κ3) is 2.21. The van der Waals surface area contributed by atoms with E-state index in [0.717, 1.165) is 42.5 Å². The molecular weight excluding hydrogens is 238 g/mol. The number of hydrogen-bond acceptors (Lipinski definition) is 3. The molecule has 0 unspecified atom stereocenters. The summed E-state index contributed by atoms with van der Waals surface area (Å²) in [5, 5.41) is 12.3. The molecular formula is C16H16NO2-. The normalized spacial score (nSPS) is 15.6. The zero-order valence-corrected chi connectivity index (χ0v) is 10.8. The number of aromatic carboxylic acids is 1. The van der Waals surface area contributed by atoms with Gasteiger partial charge in [-0.15, -0.1) is 0 Å². The first-order chi connectivity index (χ1) is 9.27. The zero-order valence-electron chi connectivity index (χ0n) is 10.8. The van der Waals surface area contributed by atoms with Gasteiger partial charge in [-0.25, -0.2) is 0 Å². The van der Waals surface area contributed by atoms with Crippen LogP contribution in [-0.4, -0.2) is 11.0 Å². The molecule has 0 N–H and O–H groups in total. The number of carboxylic acid groups (broad SMARTS) is 1. The fourth-order valence-corrected chi connectivity index (χ4v) is 2.96. The van der Waals surface area contributed by atoms with Crippen molar-refractivity contribution >= 4 is 16.9 Å². The lowest BCUT2D eigenvalue weighted by Gasteiger charge is -2.19. The highest BCUT2D eigenvalue weighted by molar-refractivity contribution is 6.03. The number of benzene rings is 1. The highest BCUT2D eigenvalue weighted by atomic mass is 16.4. The van der Waals surface area contributed by atoms with Crippen LogP contribution < -0.4 is 5.11 Å². The predicted octanol–water partition coefficient (Wildman–Crippen LogP) is 2.26. The van der Waals surface area contributed by atoms with Crippen LogP contribution in [-0.2, 0) is 12.8 Å². The van der Waals surface area contributed by atoms with E-state index in [2.05, 4.69) is 4.98 Å². The molecule has 0 radical (unpaired) electrons. The lowest BCUT2D eigenvalue weighted by atomic mass is 9.91. The minimum Gasteiger partial charge on any atom is -0.545 e. The first-order valence-electron chi connectivity index (χ1n) is 6.89. The van der Waals surface area contributed by atoms with Gasteiger partial charge in [-0.1, -0.05) is 31.0 Å². The summed E-state index contributed by atoms with van der Waals surface area (Å²) in [6, 6.07) is 7.45. The molecule has 98 valence electrons. The van der Waals surface area contributed by atoms with Gasteiger partial charge in [-0.3, -0.25) is 4.98 Å². The van der Waals surface area contributed by atoms with E-state index >= 15 is 0 Å². The van der Waals surface area contributed by atoms with E-state index < -0.39 is 5.97 Å². The molecule has 3 nitrogen and oxygen atoms in total. The number of aryl methyl sites for hydroxylation is 1. The Morgan fingerprint density at radius 3 is 2.58 bits per heavy atom. The Bertz CT molecular complexity index is 634. The molecule has 1 aliphatic carbocycles. The number of aromatic nitrogens is 1. The van der Waals surface area contributed by atoms with Gasteiger partial charge in [0.2, 0.25) is 0 Å². The quantitative estimate of drug-likeness (QED) is 0.784. The van der Waals surface area contributed by atoms with Crippen molar-refractivity contribution in [1.29, 1.82) is 0 Å². The van der Waals surface area contributed by atoms with Crippen molar-refractivity contribution in [2.45, 2.75) is 38.5 Å². The van der Waals surface area contributed by atoms with Crippen molar-refractivity contribution < 1.29 is 9.90 Å². The number of para-hydroxylation sites is 1. The fraction of sp³-hybridized carbons (Fsp3) is 0.375. The van der Waals surface area contributed by atoms with Crippen LogP contribution in [0.25, 0.3) is 10.9 Å². The van der Waals surface area contributed by atoms with Crippen LogP contribution in [0.5, 0.6) is 0 Å². The molecule has 0 fully saturated rings. The molecule has 0 saturated heterocycles. The maximum atomic E-state index is 11.5. The van der Waals surface area contributed by atoms with Gasteiger partial charge in [-0.2, -0.15) is 0 Å². The number of carbonyl (C=O) groups is 1. The van der Waals surface area contributed by atoms with Crippen molar-refractivity contribution in [3.8, 4) is 0 Å². The lowest BCUT2D eigenvalue weighted by Crippen LogP contribution is -2.25. The van der Waals surface area contributed by atoms with Crippen molar-refractivity contribution in [3.63, 3.8) is 0 Å². The number of carbonyl (C=O) groups excluding carboxylic acids is 1. The summed E-state index contributed by atoms with van der Waals surface area (Å²) >= 11 is 0. The molecule has 1 aliphatic rings. The maximum absolute atomic E-state index is 11.5. The average Bonchev–Trinajstić information content (AvgIpc) is 2.38. The summed E-state index contributed by atoms with van der Waals surface area (Å²) in [7, 11) is 0. The standard InChI is InChI=1S/C16H17NO2/c18-16(19)15-11-7-3-1-2-4-9-13(11)17-14-10-6-5-8-12(14)15/h5-6,8,10H,1-4,7,9H2,(H,18,19)/p-1. The van der Waals surface area contributed by atoms with Crippen LogP contribution in [0.15, 0.2) is 24.3 Å². The molecule has 0 amide bonds. The van der Waals surface area contributed by atoms with Crippen molar-refractivity contribution in [2.75, 3.05) is 0 Å². The van der Waals surface area contributed by atoms with E-state index in [1.807, 2.05) is 24.3 Å². The molecule has 3 heteroatoms. The van der Waals surface area contributed by atoms with Gasteiger partial charge < -0.3 is 9.90 Å². The Hall–Kier alpha value is -1.90. The molecule has 0 bridgehead atoms. The lowest BCUT2D eigenvalue weighted by molar-refractivity contribution is -0.254. The van der Waals surface area contributed by atoms with E-state index in [1.54, 1.807) is 0 Å². The summed E-state index contributed by atoms with van der Waals surface area (Å²) in [5.41, 5.74) is 2.99. The number of pyridine rings is 1. The van der Waals surface area contributed by atoms with Crippen LogP contribution in [0.1, 0.15) is 47.3 Å². The van der Waals surface area contributed by atoms with Gasteiger partial charge in [0, 0.05) is 16.6 Å². The van der Waals surface area contributed by atoms with E-state index in [4.69, 9.17) is 0 Å². The second-order valence-electron chi connectivity index (χ2n) is 5.13. The molecule has 1 aromatic carbocycles. The van der Waals surface area contributed by atoms with Gasteiger partial charge in [-0.05, 0) is 37.3 Å². The molecule has 1 heterocycles. The number of carboxylic acids is 1. The monoisotopic (exact) mass is 254 g/mol. The summed E-state index contributed by atoms with van der Waals surface area (Å²) in [5.74, 6) is -1.07. The van der Waals surface area contributed by atoms with Crippen LogP contribution in [0.2, 0.25) is 0 Å². The van der Waals surface area contributed by atoms with E-state index in [1.165, 1.54) is 12.8 Å². The third-order valence-electron chi connectivity index (χ3n) is 3.87. The zero-order chi connectivity index (χ0) is 13.2. The molecule has 1 aromatic heterocycles. The second-order valence-corrected chi connectivity index (χ2v) is 5.13. The van der Waals surface area contributed by atoms with Gasteiger partial charge in [0.25, 0.3) is 0 Å². The predicted molar refractivity (Wildman–Crippen MR) is 71.9 cm³/mol. The van der Waals surface area contributed by atoms with Gasteiger partial charge >= 0.3 is 0 Å². The van der Waals surface area contributed by atoms with Crippen molar-refractivity contribution in [2.24, 2.45) is 0 Å². The Morgan fingerprint density at radius 2 is 1.79 bits per heavy atom. The van der Waals surface area contributed by atoms with Crippen molar-refractivity contribution in [1.82, 2.24) is 4.98 Å². The molecule has 0 aliphatic heterocycles. The minimum atomic E-state index is -1.07. The topological polar surface area (TPSA) is 53.0 Å². The van der Waals surface area contributed by atoms with Crippen LogP contribution in [0.3, 0.4) is 0 Å². The number of nitrogens with zero attached hydrogens (tertiary/aromatic N) is 1. The molecule has 0 spiro atoms. The smallest absolute Gasteiger partial charge is 0.0725 e. The Balaban J connectivity index is 2.30. The summed E-state index contributed by atoms with van der Waals surface area (Å²) in [6.45, 7) is 0. The van der Waals surface area contributed by atoms with Crippen molar-refractivity contribution in [3.05, 3.63) is 41.1 Å². The highest BCUT2D eigenvalue weighted by Crippen LogP contribution is 2.27. The van der Waals surface area contributed by atoms with Gasteiger partial charge in [0.05, 0.1) is 11.5 Å². The number of fused-ring (bicyclic) bond motifs is 2. The summed E-state index contributed by atoms with van der Waals surface area (Å²) < 4.78 is 0. The second kappa shape index (κ2) is 5.00. The van der Waals surface area contributed by atoms with Crippen LogP contribution >= 0.6 is 0 Å². The molecule has 0 saturated carbocycles. The average molecular weight is 254 g/mol. The summed E-state index contributed by atoms with van der Waals surface area (Å²) in [4.78, 5) is 16.2. The SMILES string of the molecule is O=C([O-])c1c2c(nc3ccccc13)CCCCCC2. The first kappa shape index (κ1) is 12.2. The van der Waals surface area contributed by atoms with Crippen LogP contribution in [0, 0.1) is 0 Å². The Kier molecular flexibility index (Phi) is 3.20. The maximum Gasteiger partial charge on any atom is 0.0725 e. The number of hydrogen-bond donors (Lipinski definition) is 0. The first-order valence-corrected chi connectivity index (χ1v) is 6.89. The Labute approximate surface area is 112 Å². The third-order valence-corrected chi connectivity index (χ3v) is 3.87. The minimum absolute atomic E-state index is 0.363. The van der Waals surface area contributed by atoms with E-state index in [9.17, 15) is 9.90 Å². The molecule has 0 atom stereocenters. The molecule has 19 heavy (non-hydrogen) atoms. The van der Waals surface area contributed by atoms with Gasteiger partial charge in [0.1, 0.15) is 0 Å². The largest absolute Gasteiger partial charge is 0.545 e. The van der Waals surface area contributed by atoms with E-state index in [0.29, 0.717) is 10.9 Å². The van der Waals surface area contributed by atoms with Gasteiger partial charge in [0.15, 0.2) is 0 Å². The molecule has 2 aromatic rings. The highest BCUT2D eigenvalue weighted by Gasteiger charge is 2.16. The molecule has 3 rings (SSSR count).